The molecular formula is C16H13N3O2. The Morgan fingerprint density at radius 1 is 1.29 bits per heavy atom. The van der Waals surface area contributed by atoms with E-state index >= 15 is 0 Å². The number of benzene rings is 2. The van der Waals surface area contributed by atoms with Gasteiger partial charge in [0.05, 0.1) is 5.52 Å². The fraction of sp³-hybridized carbons (Fsp3) is 0.0625. The van der Waals surface area contributed by atoms with Crippen LogP contribution in [0.1, 0.15) is 12.5 Å². The van der Waals surface area contributed by atoms with Crippen molar-refractivity contribution < 1.29 is 9.53 Å². The van der Waals surface area contributed by atoms with Crippen molar-refractivity contribution in [1.82, 2.24) is 15.4 Å². The van der Waals surface area contributed by atoms with Gasteiger partial charge in [0, 0.05) is 18.1 Å². The third-order valence-corrected chi connectivity index (χ3v) is 3.14. The largest absolute Gasteiger partial charge is 0.426 e. The fourth-order valence-electron chi connectivity index (χ4n) is 2.22. The van der Waals surface area contributed by atoms with Crippen molar-refractivity contribution in [2.24, 2.45) is 0 Å². The highest BCUT2D eigenvalue weighted by Crippen LogP contribution is 2.34. The van der Waals surface area contributed by atoms with Crippen molar-refractivity contribution in [3.05, 3.63) is 48.5 Å². The molecule has 0 radical (unpaired) electrons. The van der Waals surface area contributed by atoms with Crippen LogP contribution in [0.25, 0.3) is 28.2 Å². The highest BCUT2D eigenvalue weighted by atomic mass is 16.5. The van der Waals surface area contributed by atoms with E-state index in [-0.39, 0.29) is 5.97 Å². The first-order valence-corrected chi connectivity index (χ1v) is 6.44. The Labute approximate surface area is 121 Å². The van der Waals surface area contributed by atoms with Crippen LogP contribution in [-0.4, -0.2) is 21.4 Å². The summed E-state index contributed by atoms with van der Waals surface area (Å²) in [4.78, 5) is 11.3. The topological polar surface area (TPSA) is 67.9 Å². The predicted molar refractivity (Wildman–Crippen MR) is 80.7 cm³/mol. The van der Waals surface area contributed by atoms with Crippen LogP contribution in [0, 0.1) is 0 Å². The van der Waals surface area contributed by atoms with Crippen molar-refractivity contribution in [2.45, 2.75) is 6.92 Å². The number of hydrogen-bond acceptors (Lipinski definition) is 4. The Morgan fingerprint density at radius 3 is 2.90 bits per heavy atom. The van der Waals surface area contributed by atoms with Gasteiger partial charge in [-0.25, -0.2) is 0 Å². The van der Waals surface area contributed by atoms with Gasteiger partial charge in [-0.15, -0.1) is 5.10 Å². The summed E-state index contributed by atoms with van der Waals surface area (Å²) in [6, 6.07) is 11.2. The van der Waals surface area contributed by atoms with Crippen LogP contribution in [0.3, 0.4) is 0 Å². The number of nitrogens with zero attached hydrogens (tertiary/aromatic N) is 2. The van der Waals surface area contributed by atoms with Crippen LogP contribution in [0.2, 0.25) is 0 Å². The van der Waals surface area contributed by atoms with Crippen molar-refractivity contribution in [3.8, 4) is 16.9 Å². The van der Waals surface area contributed by atoms with Gasteiger partial charge in [-0.2, -0.15) is 0 Å². The first kappa shape index (κ1) is 13.1. The predicted octanol–water partition coefficient (Wildman–Crippen LogP) is 3.19. The maximum absolute atomic E-state index is 11.3. The number of rotatable bonds is 3. The number of carbonyl (C=O) groups excluding carboxylic acids is 1. The molecule has 0 saturated carbocycles. The molecule has 0 fully saturated rings. The quantitative estimate of drug-likeness (QED) is 0.590. The molecule has 0 bridgehead atoms. The molecule has 0 saturated heterocycles. The third kappa shape index (κ3) is 2.41. The van der Waals surface area contributed by atoms with Gasteiger partial charge in [0.2, 0.25) is 0 Å². The van der Waals surface area contributed by atoms with Crippen LogP contribution in [0.15, 0.2) is 43.0 Å². The Kier molecular flexibility index (Phi) is 3.23. The zero-order chi connectivity index (χ0) is 14.8. The zero-order valence-electron chi connectivity index (χ0n) is 11.5. The Morgan fingerprint density at radius 2 is 2.14 bits per heavy atom. The molecule has 104 valence electrons. The van der Waals surface area contributed by atoms with E-state index in [4.69, 9.17) is 4.74 Å². The summed E-state index contributed by atoms with van der Waals surface area (Å²) in [6.45, 7) is 5.14. The molecule has 1 N–H and O–H groups in total. The summed E-state index contributed by atoms with van der Waals surface area (Å²) in [5.74, 6) is 0.124. The van der Waals surface area contributed by atoms with Crippen molar-refractivity contribution in [3.63, 3.8) is 0 Å². The lowest BCUT2D eigenvalue weighted by Crippen LogP contribution is -2.03. The Bertz CT molecular complexity index is 836. The summed E-state index contributed by atoms with van der Waals surface area (Å²) in [5, 5.41) is 10.7. The second-order valence-corrected chi connectivity index (χ2v) is 4.57. The second kappa shape index (κ2) is 5.20. The van der Waals surface area contributed by atoms with Gasteiger partial charge in [-0.05, 0) is 23.8 Å². The van der Waals surface area contributed by atoms with E-state index in [1.54, 1.807) is 12.1 Å². The van der Waals surface area contributed by atoms with E-state index < -0.39 is 0 Å². The zero-order valence-corrected chi connectivity index (χ0v) is 11.5. The number of ether oxygens (including phenoxy) is 1. The normalized spacial score (nSPS) is 10.5. The number of fused-ring (bicyclic) bond motifs is 1. The highest BCUT2D eigenvalue weighted by molar-refractivity contribution is 5.94. The number of nitrogens with one attached hydrogen (secondary N) is 1. The lowest BCUT2D eigenvalue weighted by Gasteiger charge is -2.10. The first-order valence-electron chi connectivity index (χ1n) is 6.44. The van der Waals surface area contributed by atoms with Crippen LogP contribution in [-0.2, 0) is 4.79 Å². The lowest BCUT2D eigenvalue weighted by molar-refractivity contribution is -0.131. The summed E-state index contributed by atoms with van der Waals surface area (Å²) in [6.07, 6.45) is 1.74. The molecule has 5 heteroatoms. The Hall–Kier alpha value is -2.95. The fourth-order valence-corrected chi connectivity index (χ4v) is 2.22. The van der Waals surface area contributed by atoms with Gasteiger partial charge in [0.1, 0.15) is 11.3 Å². The minimum Gasteiger partial charge on any atom is -0.426 e. The third-order valence-electron chi connectivity index (χ3n) is 3.14. The van der Waals surface area contributed by atoms with Crippen molar-refractivity contribution >= 4 is 23.1 Å². The monoisotopic (exact) mass is 279 g/mol. The van der Waals surface area contributed by atoms with Crippen LogP contribution < -0.4 is 4.74 Å². The van der Waals surface area contributed by atoms with Gasteiger partial charge < -0.3 is 4.74 Å². The van der Waals surface area contributed by atoms with Crippen LogP contribution in [0.4, 0.5) is 0 Å². The number of hydrogen-bond donors (Lipinski definition) is 1. The van der Waals surface area contributed by atoms with E-state index in [0.717, 1.165) is 27.7 Å². The van der Waals surface area contributed by atoms with Gasteiger partial charge in [-0.3, -0.25) is 9.89 Å². The lowest BCUT2D eigenvalue weighted by atomic mass is 10.0. The first-order chi connectivity index (χ1) is 10.2. The van der Waals surface area contributed by atoms with E-state index in [1.807, 2.05) is 30.3 Å². The van der Waals surface area contributed by atoms with Gasteiger partial charge in [0.25, 0.3) is 0 Å². The number of esters is 1. The maximum atomic E-state index is 11.3. The average molecular weight is 279 g/mol. The molecule has 21 heavy (non-hydrogen) atoms. The standard InChI is InChI=1S/C16H13N3O2/c1-3-11-7-8-15(21-10(2)20)13(9-11)12-5-4-6-14-16(12)18-19-17-14/h3-9H,1H2,2H3,(H,17,18,19). The molecule has 0 aliphatic heterocycles. The molecule has 0 amide bonds. The molecule has 0 aliphatic carbocycles. The molecule has 2 aromatic carbocycles. The van der Waals surface area contributed by atoms with Crippen LogP contribution >= 0.6 is 0 Å². The van der Waals surface area contributed by atoms with Gasteiger partial charge in [-0.1, -0.05) is 36.1 Å². The molecule has 5 nitrogen and oxygen atoms in total. The number of H-pyrrole nitrogens is 1. The molecule has 0 atom stereocenters. The summed E-state index contributed by atoms with van der Waals surface area (Å²) in [5.41, 5.74) is 4.11. The van der Waals surface area contributed by atoms with Gasteiger partial charge in [0.15, 0.2) is 0 Å². The molecule has 1 heterocycles. The minimum absolute atomic E-state index is 0.366. The van der Waals surface area contributed by atoms with Crippen molar-refractivity contribution in [2.75, 3.05) is 0 Å². The van der Waals surface area contributed by atoms with E-state index in [0.29, 0.717) is 5.75 Å². The molecule has 3 rings (SSSR count). The average Bonchev–Trinajstić information content (AvgIpc) is 2.95. The van der Waals surface area contributed by atoms with E-state index in [9.17, 15) is 4.79 Å². The van der Waals surface area contributed by atoms with Gasteiger partial charge >= 0.3 is 5.97 Å². The summed E-state index contributed by atoms with van der Waals surface area (Å²) in [7, 11) is 0. The van der Waals surface area contributed by atoms with Crippen molar-refractivity contribution in [1.29, 1.82) is 0 Å². The second-order valence-electron chi connectivity index (χ2n) is 4.57. The van der Waals surface area contributed by atoms with Crippen LogP contribution in [0.5, 0.6) is 5.75 Å². The number of aromatic nitrogens is 3. The highest BCUT2D eigenvalue weighted by Gasteiger charge is 2.13. The maximum Gasteiger partial charge on any atom is 0.308 e. The molecular weight excluding hydrogens is 266 g/mol. The molecule has 0 spiro atoms. The van der Waals surface area contributed by atoms with E-state index in [2.05, 4.69) is 22.0 Å². The SMILES string of the molecule is C=Cc1ccc(OC(C)=O)c(-c2cccc3[nH]nnc23)c1. The molecule has 3 aromatic rings. The summed E-state index contributed by atoms with van der Waals surface area (Å²) < 4.78 is 5.29. The number of carbonyl (C=O) groups is 1. The Balaban J connectivity index is 2.26. The minimum atomic E-state index is -0.366. The van der Waals surface area contributed by atoms with E-state index in [1.165, 1.54) is 6.92 Å². The molecule has 0 unspecified atom stereocenters. The summed E-state index contributed by atoms with van der Waals surface area (Å²) >= 11 is 0. The molecule has 0 aliphatic rings. The molecule has 1 aromatic heterocycles. The number of aromatic amines is 1. The smallest absolute Gasteiger partial charge is 0.308 e.